The predicted octanol–water partition coefficient (Wildman–Crippen LogP) is 1.72. The molecule has 1 aromatic carbocycles. The Kier molecular flexibility index (Phi) is 3.26. The highest BCUT2D eigenvalue weighted by Crippen LogP contribution is 2.26. The Morgan fingerprint density at radius 3 is 2.78 bits per heavy atom. The molecule has 98 valence electrons. The molecule has 1 fully saturated rings. The summed E-state index contributed by atoms with van der Waals surface area (Å²) < 4.78 is 19.6. The number of morpholine rings is 1. The lowest BCUT2D eigenvalue weighted by atomic mass is 10.1. The van der Waals surface area contributed by atoms with Crippen molar-refractivity contribution in [2.75, 3.05) is 24.6 Å². The quantitative estimate of drug-likeness (QED) is 0.621. The van der Waals surface area contributed by atoms with Gasteiger partial charge in [0.1, 0.15) is 11.7 Å². The van der Waals surface area contributed by atoms with Crippen LogP contribution in [0.25, 0.3) is 0 Å². The van der Waals surface area contributed by atoms with Crippen molar-refractivity contribution in [3.8, 4) is 0 Å². The van der Waals surface area contributed by atoms with Gasteiger partial charge < -0.3 is 15.4 Å². The number of nitrogens with one attached hydrogen (secondary N) is 1. The third-order valence-corrected chi connectivity index (χ3v) is 3.03. The first-order chi connectivity index (χ1) is 8.39. The lowest BCUT2D eigenvalue weighted by Crippen LogP contribution is -2.48. The number of ether oxygens (including phenoxy) is 1. The molecule has 0 unspecified atom stereocenters. The third-order valence-electron chi connectivity index (χ3n) is 3.03. The van der Waals surface area contributed by atoms with Gasteiger partial charge >= 0.3 is 0 Å². The van der Waals surface area contributed by atoms with Crippen LogP contribution in [0.2, 0.25) is 0 Å². The highest BCUT2D eigenvalue weighted by molar-refractivity contribution is 5.95. The van der Waals surface area contributed by atoms with Gasteiger partial charge in [-0.2, -0.15) is 0 Å². The maximum Gasteiger partial charge on any atom is 0.147 e. The molecule has 0 amide bonds. The maximum atomic E-state index is 14.0. The number of nitrogen functional groups attached to an aromatic ring is 1. The second-order valence-corrected chi connectivity index (χ2v) is 5.11. The molecule has 0 radical (unpaired) electrons. The van der Waals surface area contributed by atoms with Crippen molar-refractivity contribution >= 4 is 11.5 Å². The van der Waals surface area contributed by atoms with Crippen LogP contribution in [-0.4, -0.2) is 31.1 Å². The largest absolute Gasteiger partial charge is 0.384 e. The lowest BCUT2D eigenvalue weighted by molar-refractivity contribution is -0.0278. The number of halogens is 1. The summed E-state index contributed by atoms with van der Waals surface area (Å²) >= 11 is 0. The predicted molar refractivity (Wildman–Crippen MR) is 69.7 cm³/mol. The summed E-state index contributed by atoms with van der Waals surface area (Å²) in [4.78, 5) is 1.96. The summed E-state index contributed by atoms with van der Waals surface area (Å²) in [6.45, 7) is 5.87. The number of nitrogens with zero attached hydrogens (tertiary/aromatic N) is 1. The Morgan fingerprint density at radius 1 is 1.50 bits per heavy atom. The summed E-state index contributed by atoms with van der Waals surface area (Å²) in [6, 6.07) is 4.65. The highest BCUT2D eigenvalue weighted by Gasteiger charge is 2.28. The molecule has 0 aromatic heterocycles. The minimum absolute atomic E-state index is 0.122. The zero-order valence-electron chi connectivity index (χ0n) is 10.7. The van der Waals surface area contributed by atoms with Crippen LogP contribution >= 0.6 is 0 Å². The topological polar surface area (TPSA) is 62.3 Å². The van der Waals surface area contributed by atoms with Crippen LogP contribution < -0.4 is 10.6 Å². The Bertz CT molecular complexity index is 473. The van der Waals surface area contributed by atoms with E-state index < -0.39 is 0 Å². The number of anilines is 1. The normalized spacial score (nSPS) is 18.7. The Labute approximate surface area is 106 Å². The molecule has 0 aliphatic carbocycles. The maximum absolute atomic E-state index is 14.0. The van der Waals surface area contributed by atoms with Crippen LogP contribution in [-0.2, 0) is 4.74 Å². The van der Waals surface area contributed by atoms with E-state index in [0.29, 0.717) is 30.9 Å². The molecule has 1 aliphatic heterocycles. The fraction of sp³-hybridized carbons (Fsp3) is 0.462. The summed E-state index contributed by atoms with van der Waals surface area (Å²) in [5, 5.41) is 7.29. The van der Waals surface area contributed by atoms with Gasteiger partial charge in [-0.15, -0.1) is 0 Å². The average molecular weight is 251 g/mol. The van der Waals surface area contributed by atoms with Gasteiger partial charge in [0.2, 0.25) is 0 Å². The minimum atomic E-state index is -0.347. The molecule has 0 bridgehead atoms. The highest BCUT2D eigenvalue weighted by atomic mass is 19.1. The van der Waals surface area contributed by atoms with Crippen LogP contribution in [0, 0.1) is 11.2 Å². The second-order valence-electron chi connectivity index (χ2n) is 5.11. The lowest BCUT2D eigenvalue weighted by Gasteiger charge is -2.39. The van der Waals surface area contributed by atoms with E-state index in [4.69, 9.17) is 15.9 Å². The van der Waals surface area contributed by atoms with E-state index in [1.165, 1.54) is 6.07 Å². The van der Waals surface area contributed by atoms with Crippen molar-refractivity contribution in [1.29, 1.82) is 5.41 Å². The van der Waals surface area contributed by atoms with Crippen molar-refractivity contribution in [1.82, 2.24) is 0 Å². The zero-order chi connectivity index (χ0) is 13.3. The van der Waals surface area contributed by atoms with E-state index >= 15 is 0 Å². The van der Waals surface area contributed by atoms with E-state index in [1.807, 2.05) is 18.7 Å². The Hall–Kier alpha value is -1.62. The fourth-order valence-electron chi connectivity index (χ4n) is 2.15. The van der Waals surface area contributed by atoms with Crippen LogP contribution in [0.4, 0.5) is 10.1 Å². The Balaban J connectivity index is 2.26. The number of hydrogen-bond donors (Lipinski definition) is 2. The van der Waals surface area contributed by atoms with Crippen molar-refractivity contribution in [2.24, 2.45) is 5.73 Å². The molecule has 0 spiro atoms. The van der Waals surface area contributed by atoms with Crippen LogP contribution in [0.15, 0.2) is 18.2 Å². The molecule has 4 nitrogen and oxygen atoms in total. The number of hydrogen-bond acceptors (Lipinski definition) is 3. The van der Waals surface area contributed by atoms with E-state index in [2.05, 4.69) is 0 Å². The van der Waals surface area contributed by atoms with Crippen LogP contribution in [0.1, 0.15) is 19.4 Å². The first-order valence-corrected chi connectivity index (χ1v) is 5.92. The van der Waals surface area contributed by atoms with E-state index in [9.17, 15) is 4.39 Å². The number of amidine groups is 1. The smallest absolute Gasteiger partial charge is 0.147 e. The first kappa shape index (κ1) is 12.8. The third kappa shape index (κ3) is 2.61. The van der Waals surface area contributed by atoms with Gasteiger partial charge in [-0.25, -0.2) is 4.39 Å². The molecule has 0 saturated carbocycles. The molecule has 5 heteroatoms. The zero-order valence-corrected chi connectivity index (χ0v) is 10.7. The minimum Gasteiger partial charge on any atom is -0.384 e. The fourth-order valence-corrected chi connectivity index (χ4v) is 2.15. The van der Waals surface area contributed by atoms with Crippen molar-refractivity contribution in [2.45, 2.75) is 19.4 Å². The molecule has 1 aromatic rings. The standard InChI is InChI=1S/C13H18FN3O/c1-13(2)8-17(5-6-18-13)11-4-3-9(12(15)16)7-10(11)14/h3-4,7H,5-6,8H2,1-2H3,(H3,15,16). The van der Waals surface area contributed by atoms with Crippen molar-refractivity contribution < 1.29 is 9.13 Å². The second kappa shape index (κ2) is 4.57. The van der Waals surface area contributed by atoms with Gasteiger partial charge in [0.15, 0.2) is 0 Å². The molecule has 1 heterocycles. The first-order valence-electron chi connectivity index (χ1n) is 5.92. The van der Waals surface area contributed by atoms with Crippen LogP contribution in [0.3, 0.4) is 0 Å². The van der Waals surface area contributed by atoms with E-state index in [1.54, 1.807) is 12.1 Å². The molecular formula is C13H18FN3O. The molecule has 18 heavy (non-hydrogen) atoms. The SMILES string of the molecule is CC1(C)CN(c2ccc(C(=N)N)cc2F)CCO1. The summed E-state index contributed by atoms with van der Waals surface area (Å²) in [7, 11) is 0. The number of rotatable bonds is 2. The molecular weight excluding hydrogens is 233 g/mol. The number of nitrogens with two attached hydrogens (primary N) is 1. The van der Waals surface area contributed by atoms with E-state index in [-0.39, 0.29) is 17.3 Å². The van der Waals surface area contributed by atoms with Gasteiger partial charge in [-0.05, 0) is 32.0 Å². The molecule has 2 rings (SSSR count). The van der Waals surface area contributed by atoms with Crippen molar-refractivity contribution in [3.05, 3.63) is 29.6 Å². The summed E-state index contributed by atoms with van der Waals surface area (Å²) in [6.07, 6.45) is 0. The van der Waals surface area contributed by atoms with Gasteiger partial charge in [-0.3, -0.25) is 5.41 Å². The average Bonchev–Trinajstić information content (AvgIpc) is 2.27. The summed E-state index contributed by atoms with van der Waals surface area (Å²) in [5.74, 6) is -0.469. The Morgan fingerprint density at radius 2 is 2.22 bits per heavy atom. The molecule has 3 N–H and O–H groups in total. The number of benzene rings is 1. The molecule has 1 aliphatic rings. The van der Waals surface area contributed by atoms with Gasteiger partial charge in [0.25, 0.3) is 0 Å². The van der Waals surface area contributed by atoms with Gasteiger partial charge in [-0.1, -0.05) is 0 Å². The van der Waals surface area contributed by atoms with Crippen LogP contribution in [0.5, 0.6) is 0 Å². The van der Waals surface area contributed by atoms with Gasteiger partial charge in [0.05, 0.1) is 17.9 Å². The van der Waals surface area contributed by atoms with Gasteiger partial charge in [0, 0.05) is 18.7 Å². The molecule has 0 atom stereocenters. The monoisotopic (exact) mass is 251 g/mol. The summed E-state index contributed by atoms with van der Waals surface area (Å²) in [5.41, 5.74) is 6.01. The molecule has 1 saturated heterocycles. The van der Waals surface area contributed by atoms with Crippen molar-refractivity contribution in [3.63, 3.8) is 0 Å². The van der Waals surface area contributed by atoms with E-state index in [0.717, 1.165) is 0 Å².